The minimum Gasteiger partial charge on any atom is -0.478 e. The summed E-state index contributed by atoms with van der Waals surface area (Å²) >= 11 is 0. The van der Waals surface area contributed by atoms with Gasteiger partial charge in [-0.05, 0) is 53.1 Å². The number of hydrogen-bond acceptors (Lipinski definition) is 3. The van der Waals surface area contributed by atoms with E-state index in [4.69, 9.17) is 0 Å². The van der Waals surface area contributed by atoms with E-state index in [-0.39, 0.29) is 17.2 Å². The van der Waals surface area contributed by atoms with Crippen molar-refractivity contribution >= 4 is 45.5 Å². The van der Waals surface area contributed by atoms with Crippen LogP contribution in [-0.2, 0) is 9.59 Å². The molecule has 0 heterocycles. The summed E-state index contributed by atoms with van der Waals surface area (Å²) in [5.41, 5.74) is 2.04. The highest BCUT2D eigenvalue weighted by molar-refractivity contribution is 6.08. The van der Waals surface area contributed by atoms with Gasteiger partial charge in [0.25, 0.3) is 0 Å². The topological polar surface area (TPSA) is 95.5 Å². The summed E-state index contributed by atoms with van der Waals surface area (Å²) in [5.74, 6) is -1.96. The number of hydrogen-bond donors (Lipinski definition) is 3. The standard InChI is InChI=1S/C23H20N2O4/c1-14(17-8-7-16-5-3-4-6-18(16)12-17)11-22(27)25-21-10-9-19(24-15(2)26)13-20(21)23(28)29/h3-13H,1-2H3,(H,24,26)(H,25,27)(H,28,29). The molecule has 0 unspecified atom stereocenters. The first kappa shape index (κ1) is 19.8. The van der Waals surface area contributed by atoms with Gasteiger partial charge in [0.1, 0.15) is 0 Å². The number of rotatable bonds is 5. The molecule has 0 atom stereocenters. The molecule has 0 aromatic heterocycles. The Kier molecular flexibility index (Phi) is 5.74. The number of aromatic carboxylic acids is 1. The number of carbonyl (C=O) groups is 3. The van der Waals surface area contributed by atoms with Gasteiger partial charge in [-0.3, -0.25) is 9.59 Å². The zero-order valence-electron chi connectivity index (χ0n) is 16.0. The van der Waals surface area contributed by atoms with Gasteiger partial charge >= 0.3 is 5.97 Å². The number of nitrogens with one attached hydrogen (secondary N) is 2. The van der Waals surface area contributed by atoms with Crippen molar-refractivity contribution < 1.29 is 19.5 Å². The summed E-state index contributed by atoms with van der Waals surface area (Å²) < 4.78 is 0. The summed E-state index contributed by atoms with van der Waals surface area (Å²) in [7, 11) is 0. The molecular formula is C23H20N2O4. The van der Waals surface area contributed by atoms with Crippen LogP contribution in [0.1, 0.15) is 29.8 Å². The highest BCUT2D eigenvalue weighted by Crippen LogP contribution is 2.23. The van der Waals surface area contributed by atoms with Gasteiger partial charge in [0, 0.05) is 18.7 Å². The van der Waals surface area contributed by atoms with Crippen LogP contribution in [0.25, 0.3) is 16.3 Å². The molecule has 29 heavy (non-hydrogen) atoms. The first-order valence-corrected chi connectivity index (χ1v) is 8.97. The number of amides is 2. The number of carboxylic acids is 1. The van der Waals surface area contributed by atoms with Gasteiger partial charge in [-0.2, -0.15) is 0 Å². The smallest absolute Gasteiger partial charge is 0.337 e. The number of benzene rings is 3. The third-order valence-electron chi connectivity index (χ3n) is 4.38. The lowest BCUT2D eigenvalue weighted by molar-refractivity contribution is -0.114. The Hall–Kier alpha value is -3.93. The van der Waals surface area contributed by atoms with Gasteiger partial charge in [-0.1, -0.05) is 36.4 Å². The average Bonchev–Trinajstić information content (AvgIpc) is 2.68. The molecule has 6 heteroatoms. The van der Waals surface area contributed by atoms with Crippen LogP contribution in [-0.4, -0.2) is 22.9 Å². The molecule has 3 aromatic carbocycles. The van der Waals surface area contributed by atoms with Crippen molar-refractivity contribution in [3.05, 3.63) is 77.9 Å². The summed E-state index contributed by atoms with van der Waals surface area (Å²) in [4.78, 5) is 35.1. The van der Waals surface area contributed by atoms with Crippen LogP contribution in [0.15, 0.2) is 66.7 Å². The largest absolute Gasteiger partial charge is 0.478 e. The lowest BCUT2D eigenvalue weighted by Crippen LogP contribution is -2.13. The SMILES string of the molecule is CC(=O)Nc1ccc(NC(=O)C=C(C)c2ccc3ccccc3c2)c(C(=O)O)c1. The van der Waals surface area contributed by atoms with Crippen molar-refractivity contribution in [2.75, 3.05) is 10.6 Å². The Morgan fingerprint density at radius 2 is 1.59 bits per heavy atom. The molecule has 0 fully saturated rings. The highest BCUT2D eigenvalue weighted by atomic mass is 16.4. The van der Waals surface area contributed by atoms with Gasteiger partial charge in [-0.25, -0.2) is 4.79 Å². The van der Waals surface area contributed by atoms with Gasteiger partial charge in [0.15, 0.2) is 0 Å². The molecule has 3 rings (SSSR count). The molecular weight excluding hydrogens is 368 g/mol. The highest BCUT2D eigenvalue weighted by Gasteiger charge is 2.13. The molecule has 0 bridgehead atoms. The molecule has 0 radical (unpaired) electrons. The van der Waals surface area contributed by atoms with Crippen molar-refractivity contribution in [1.29, 1.82) is 0 Å². The molecule has 0 spiro atoms. The van der Waals surface area contributed by atoms with Crippen LogP contribution in [0.4, 0.5) is 11.4 Å². The van der Waals surface area contributed by atoms with Crippen LogP contribution < -0.4 is 10.6 Å². The fraction of sp³-hybridized carbons (Fsp3) is 0.0870. The Balaban J connectivity index is 1.83. The molecule has 2 amide bonds. The molecule has 3 aromatic rings. The predicted octanol–water partition coefficient (Wildman–Crippen LogP) is 4.54. The maximum atomic E-state index is 12.4. The van der Waals surface area contributed by atoms with Gasteiger partial charge in [-0.15, -0.1) is 0 Å². The van der Waals surface area contributed by atoms with Crippen molar-refractivity contribution in [2.24, 2.45) is 0 Å². The maximum Gasteiger partial charge on any atom is 0.337 e. The van der Waals surface area contributed by atoms with Gasteiger partial charge < -0.3 is 15.7 Å². The van der Waals surface area contributed by atoms with E-state index in [1.807, 2.05) is 49.4 Å². The van der Waals surface area contributed by atoms with E-state index in [1.54, 1.807) is 0 Å². The molecule has 3 N–H and O–H groups in total. The number of carboxylic acid groups (broad SMARTS) is 1. The summed E-state index contributed by atoms with van der Waals surface area (Å²) in [6.07, 6.45) is 1.43. The first-order chi connectivity index (χ1) is 13.8. The number of allylic oxidation sites excluding steroid dienone is 1. The van der Waals surface area contributed by atoms with Crippen molar-refractivity contribution in [2.45, 2.75) is 13.8 Å². The quantitative estimate of drug-likeness (QED) is 0.559. The number of carbonyl (C=O) groups excluding carboxylic acids is 2. The molecule has 0 saturated carbocycles. The Morgan fingerprint density at radius 3 is 2.28 bits per heavy atom. The first-order valence-electron chi connectivity index (χ1n) is 8.97. The summed E-state index contributed by atoms with van der Waals surface area (Å²) in [6.45, 7) is 3.15. The van der Waals surface area contributed by atoms with E-state index >= 15 is 0 Å². The molecule has 0 aliphatic heterocycles. The monoisotopic (exact) mass is 388 g/mol. The summed E-state index contributed by atoms with van der Waals surface area (Å²) in [6, 6.07) is 18.2. The number of anilines is 2. The molecule has 0 saturated heterocycles. The zero-order chi connectivity index (χ0) is 21.0. The van der Waals surface area contributed by atoms with Crippen LogP contribution >= 0.6 is 0 Å². The third kappa shape index (κ3) is 4.87. The van der Waals surface area contributed by atoms with E-state index in [0.717, 1.165) is 21.9 Å². The molecule has 0 aliphatic rings. The zero-order valence-corrected chi connectivity index (χ0v) is 16.0. The van der Waals surface area contributed by atoms with Crippen LogP contribution in [0.5, 0.6) is 0 Å². The Labute approximate surface area is 167 Å². The minimum atomic E-state index is -1.21. The van der Waals surface area contributed by atoms with Crippen LogP contribution in [0.3, 0.4) is 0 Å². The van der Waals surface area contributed by atoms with Crippen molar-refractivity contribution in [3.63, 3.8) is 0 Å². The van der Waals surface area contributed by atoms with Crippen molar-refractivity contribution in [3.8, 4) is 0 Å². The average molecular weight is 388 g/mol. The lowest BCUT2D eigenvalue weighted by atomic mass is 10.0. The number of fused-ring (bicyclic) bond motifs is 1. The second-order valence-corrected chi connectivity index (χ2v) is 6.63. The third-order valence-corrected chi connectivity index (χ3v) is 4.38. The molecule has 0 aliphatic carbocycles. The van der Waals surface area contributed by atoms with E-state index in [0.29, 0.717) is 5.69 Å². The predicted molar refractivity (Wildman–Crippen MR) is 114 cm³/mol. The Morgan fingerprint density at radius 1 is 0.862 bits per heavy atom. The van der Waals surface area contributed by atoms with E-state index in [1.165, 1.54) is 31.2 Å². The maximum absolute atomic E-state index is 12.4. The van der Waals surface area contributed by atoms with Crippen molar-refractivity contribution in [1.82, 2.24) is 0 Å². The molecule has 146 valence electrons. The fourth-order valence-corrected chi connectivity index (χ4v) is 2.99. The fourth-order valence-electron chi connectivity index (χ4n) is 2.99. The van der Waals surface area contributed by atoms with Gasteiger partial charge in [0.2, 0.25) is 11.8 Å². The minimum absolute atomic E-state index is 0.110. The second-order valence-electron chi connectivity index (χ2n) is 6.63. The Bertz CT molecular complexity index is 1150. The summed E-state index contributed by atoms with van der Waals surface area (Å²) in [5, 5.41) is 16.7. The van der Waals surface area contributed by atoms with Crippen LogP contribution in [0, 0.1) is 0 Å². The van der Waals surface area contributed by atoms with E-state index in [9.17, 15) is 19.5 Å². The van der Waals surface area contributed by atoms with E-state index < -0.39 is 11.9 Å². The molecule has 6 nitrogen and oxygen atoms in total. The van der Waals surface area contributed by atoms with E-state index in [2.05, 4.69) is 10.6 Å². The lowest BCUT2D eigenvalue weighted by Gasteiger charge is -2.10. The van der Waals surface area contributed by atoms with Crippen LogP contribution in [0.2, 0.25) is 0 Å². The van der Waals surface area contributed by atoms with Gasteiger partial charge in [0.05, 0.1) is 11.3 Å². The second kappa shape index (κ2) is 8.39. The normalized spacial score (nSPS) is 11.2.